The fraction of sp³-hybridized carbons (Fsp3) is 0.500. The van der Waals surface area contributed by atoms with Crippen LogP contribution in [0.4, 0.5) is 5.82 Å². The largest absolute Gasteiger partial charge is 0.481 e. The second-order valence-corrected chi connectivity index (χ2v) is 5.47. The van der Waals surface area contributed by atoms with Crippen LogP contribution in [0.3, 0.4) is 0 Å². The fourth-order valence-electron chi connectivity index (χ4n) is 2.95. The van der Waals surface area contributed by atoms with Gasteiger partial charge in [-0.3, -0.25) is 4.79 Å². The van der Waals surface area contributed by atoms with Gasteiger partial charge in [0.05, 0.1) is 0 Å². The van der Waals surface area contributed by atoms with Gasteiger partial charge in [-0.05, 0) is 43.4 Å². The number of hydrogen-bond donors (Lipinski definition) is 1. The predicted octanol–water partition coefficient (Wildman–Crippen LogP) is 1.73. The Hall–Kier alpha value is -2.11. The van der Waals surface area contributed by atoms with Crippen molar-refractivity contribution in [3.8, 4) is 0 Å². The summed E-state index contributed by atoms with van der Waals surface area (Å²) in [5.41, 5.74) is 1.97. The van der Waals surface area contributed by atoms with E-state index in [1.54, 1.807) is 6.33 Å². The molecule has 1 aliphatic heterocycles. The molecule has 0 aliphatic carbocycles. The number of carboxylic acids is 1. The van der Waals surface area contributed by atoms with Crippen molar-refractivity contribution in [1.29, 1.82) is 0 Å². The van der Waals surface area contributed by atoms with Gasteiger partial charge in [0.1, 0.15) is 12.1 Å². The maximum atomic E-state index is 10.9. The van der Waals surface area contributed by atoms with E-state index in [1.807, 2.05) is 17.5 Å². The van der Waals surface area contributed by atoms with Gasteiger partial charge in [-0.25, -0.2) is 4.98 Å². The lowest BCUT2D eigenvalue weighted by molar-refractivity contribution is -0.138. The summed E-state index contributed by atoms with van der Waals surface area (Å²) in [4.78, 5) is 17.4. The van der Waals surface area contributed by atoms with E-state index in [-0.39, 0.29) is 12.3 Å². The third kappa shape index (κ3) is 2.45. The first kappa shape index (κ1) is 12.9. The number of piperidine rings is 1. The molecule has 1 atom stereocenters. The van der Waals surface area contributed by atoms with Crippen LogP contribution in [-0.2, 0) is 4.79 Å². The summed E-state index contributed by atoms with van der Waals surface area (Å²) in [7, 11) is 0. The van der Waals surface area contributed by atoms with E-state index in [0.29, 0.717) is 0 Å². The summed E-state index contributed by atoms with van der Waals surface area (Å²) < 4.78 is 1.83. The molecule has 2 aromatic rings. The zero-order valence-electron chi connectivity index (χ0n) is 11.5. The first-order valence-corrected chi connectivity index (χ1v) is 6.90. The van der Waals surface area contributed by atoms with Crippen molar-refractivity contribution in [1.82, 2.24) is 14.6 Å². The molecule has 1 N–H and O–H groups in total. The van der Waals surface area contributed by atoms with Gasteiger partial charge in [0, 0.05) is 19.5 Å². The summed E-state index contributed by atoms with van der Waals surface area (Å²) in [6.45, 7) is 3.75. The summed E-state index contributed by atoms with van der Waals surface area (Å²) in [5.74, 6) is 0.500. The normalized spacial score (nSPS) is 19.4. The molecule has 3 rings (SSSR count). The second kappa shape index (κ2) is 5.11. The number of aryl methyl sites for hydroxylation is 1. The van der Waals surface area contributed by atoms with Crippen molar-refractivity contribution in [2.24, 2.45) is 5.92 Å². The first-order chi connectivity index (χ1) is 9.63. The summed E-state index contributed by atoms with van der Waals surface area (Å²) in [5, 5.41) is 13.2. The van der Waals surface area contributed by atoms with E-state index < -0.39 is 5.97 Å². The highest BCUT2D eigenvalue weighted by molar-refractivity contribution is 5.67. The Morgan fingerprint density at radius 2 is 2.35 bits per heavy atom. The Balaban J connectivity index is 1.90. The minimum Gasteiger partial charge on any atom is -0.481 e. The van der Waals surface area contributed by atoms with Crippen LogP contribution >= 0.6 is 0 Å². The molecule has 0 aromatic carbocycles. The molecule has 2 aromatic heterocycles. The smallest absolute Gasteiger partial charge is 0.303 e. The zero-order valence-corrected chi connectivity index (χ0v) is 11.5. The van der Waals surface area contributed by atoms with Gasteiger partial charge >= 0.3 is 5.97 Å². The highest BCUT2D eigenvalue weighted by atomic mass is 16.4. The quantitative estimate of drug-likeness (QED) is 0.923. The molecule has 6 heteroatoms. The van der Waals surface area contributed by atoms with Crippen LogP contribution in [0.2, 0.25) is 0 Å². The molecule has 0 spiro atoms. The van der Waals surface area contributed by atoms with Gasteiger partial charge in [0.25, 0.3) is 0 Å². The lowest BCUT2D eigenvalue weighted by Gasteiger charge is -2.33. The highest BCUT2D eigenvalue weighted by Crippen LogP contribution is 2.26. The number of aliphatic carboxylic acids is 1. The monoisotopic (exact) mass is 274 g/mol. The number of aromatic nitrogens is 3. The molecule has 3 heterocycles. The Morgan fingerprint density at radius 3 is 3.15 bits per heavy atom. The molecule has 6 nitrogen and oxygen atoms in total. The molecule has 1 aliphatic rings. The molecule has 106 valence electrons. The van der Waals surface area contributed by atoms with Crippen LogP contribution in [0, 0.1) is 12.8 Å². The number of anilines is 1. The van der Waals surface area contributed by atoms with Crippen LogP contribution in [0.15, 0.2) is 18.5 Å². The Kier molecular flexibility index (Phi) is 3.30. The van der Waals surface area contributed by atoms with E-state index in [9.17, 15) is 4.79 Å². The fourth-order valence-corrected chi connectivity index (χ4v) is 2.95. The van der Waals surface area contributed by atoms with E-state index in [2.05, 4.69) is 21.0 Å². The van der Waals surface area contributed by atoms with E-state index >= 15 is 0 Å². The Morgan fingerprint density at radius 1 is 1.50 bits per heavy atom. The SMILES string of the molecule is Cc1cc(N2CCCC(CC(=O)O)C2)n2ncnc2c1. The number of hydrogen-bond acceptors (Lipinski definition) is 4. The highest BCUT2D eigenvalue weighted by Gasteiger charge is 2.24. The number of rotatable bonds is 3. The van der Waals surface area contributed by atoms with Gasteiger partial charge in [0.15, 0.2) is 5.65 Å². The van der Waals surface area contributed by atoms with Crippen molar-refractivity contribution >= 4 is 17.4 Å². The summed E-state index contributed by atoms with van der Waals surface area (Å²) in [6.07, 6.45) is 3.79. The van der Waals surface area contributed by atoms with Gasteiger partial charge in [-0.15, -0.1) is 0 Å². The predicted molar refractivity (Wildman–Crippen MR) is 74.9 cm³/mol. The molecule has 0 bridgehead atoms. The molecule has 1 unspecified atom stereocenters. The lowest BCUT2D eigenvalue weighted by atomic mass is 9.95. The number of fused-ring (bicyclic) bond motifs is 1. The Labute approximate surface area is 117 Å². The molecular formula is C14H18N4O2. The van der Waals surface area contributed by atoms with Crippen LogP contribution in [0.5, 0.6) is 0 Å². The summed E-state index contributed by atoms with van der Waals surface area (Å²) in [6, 6.07) is 4.08. The van der Waals surface area contributed by atoms with Gasteiger partial charge in [0.2, 0.25) is 0 Å². The van der Waals surface area contributed by atoms with Crippen LogP contribution in [0.1, 0.15) is 24.8 Å². The Bertz CT molecular complexity index is 637. The average Bonchev–Trinajstić information content (AvgIpc) is 2.85. The van der Waals surface area contributed by atoms with Crippen molar-refractivity contribution in [2.75, 3.05) is 18.0 Å². The van der Waals surface area contributed by atoms with Crippen molar-refractivity contribution in [2.45, 2.75) is 26.2 Å². The van der Waals surface area contributed by atoms with Crippen molar-refractivity contribution in [3.63, 3.8) is 0 Å². The van der Waals surface area contributed by atoms with Crippen molar-refractivity contribution < 1.29 is 9.90 Å². The molecule has 20 heavy (non-hydrogen) atoms. The maximum Gasteiger partial charge on any atom is 0.303 e. The third-order valence-corrected chi connectivity index (χ3v) is 3.81. The minimum absolute atomic E-state index is 0.209. The molecule has 0 amide bonds. The standard InChI is InChI=1S/C14H18N4O2/c1-10-5-12-15-9-16-18(12)13(6-10)17-4-2-3-11(8-17)7-14(19)20/h5-6,9,11H,2-4,7-8H2,1H3,(H,19,20). The van der Waals surface area contributed by atoms with Gasteiger partial charge < -0.3 is 10.0 Å². The molecule has 0 saturated carbocycles. The number of nitrogens with zero attached hydrogens (tertiary/aromatic N) is 4. The summed E-state index contributed by atoms with van der Waals surface area (Å²) >= 11 is 0. The lowest BCUT2D eigenvalue weighted by Crippen LogP contribution is -2.37. The molecular weight excluding hydrogens is 256 g/mol. The second-order valence-electron chi connectivity index (χ2n) is 5.47. The van der Waals surface area contributed by atoms with E-state index in [1.165, 1.54) is 0 Å². The number of pyridine rings is 1. The topological polar surface area (TPSA) is 70.7 Å². The first-order valence-electron chi connectivity index (χ1n) is 6.90. The van der Waals surface area contributed by atoms with Crippen LogP contribution < -0.4 is 4.90 Å². The van der Waals surface area contributed by atoms with E-state index in [4.69, 9.17) is 5.11 Å². The van der Waals surface area contributed by atoms with E-state index in [0.717, 1.165) is 43.0 Å². The molecule has 0 radical (unpaired) electrons. The number of carbonyl (C=O) groups is 1. The van der Waals surface area contributed by atoms with Crippen molar-refractivity contribution in [3.05, 3.63) is 24.0 Å². The number of carboxylic acid groups (broad SMARTS) is 1. The van der Waals surface area contributed by atoms with Gasteiger partial charge in [-0.2, -0.15) is 9.61 Å². The molecule has 1 saturated heterocycles. The zero-order chi connectivity index (χ0) is 14.1. The average molecular weight is 274 g/mol. The van der Waals surface area contributed by atoms with Crippen LogP contribution in [0.25, 0.3) is 5.65 Å². The third-order valence-electron chi connectivity index (χ3n) is 3.81. The minimum atomic E-state index is -0.716. The maximum absolute atomic E-state index is 10.9. The van der Waals surface area contributed by atoms with Crippen LogP contribution in [-0.4, -0.2) is 38.8 Å². The molecule has 1 fully saturated rings. The van der Waals surface area contributed by atoms with Gasteiger partial charge in [-0.1, -0.05) is 0 Å².